The van der Waals surface area contributed by atoms with Crippen molar-refractivity contribution in [2.75, 3.05) is 23.8 Å². The van der Waals surface area contributed by atoms with Gasteiger partial charge in [-0.05, 0) is 49.7 Å². The predicted molar refractivity (Wildman–Crippen MR) is 140 cm³/mol. The Morgan fingerprint density at radius 2 is 1.91 bits per heavy atom. The van der Waals surface area contributed by atoms with E-state index in [1.54, 1.807) is 10.8 Å². The summed E-state index contributed by atoms with van der Waals surface area (Å²) < 4.78 is 1.76. The molecule has 0 atom stereocenters. The number of aromatic amines is 1. The van der Waals surface area contributed by atoms with Crippen molar-refractivity contribution in [3.63, 3.8) is 0 Å². The van der Waals surface area contributed by atoms with Gasteiger partial charge in [-0.25, -0.2) is 14.5 Å². The van der Waals surface area contributed by atoms with Crippen molar-refractivity contribution in [2.45, 2.75) is 33.2 Å². The number of rotatable bonds is 9. The third-order valence-electron chi connectivity index (χ3n) is 6.05. The van der Waals surface area contributed by atoms with Crippen LogP contribution in [0.4, 0.5) is 11.4 Å². The molecule has 0 unspecified atom stereocenters. The minimum absolute atomic E-state index is 0.559. The van der Waals surface area contributed by atoms with Crippen LogP contribution in [-0.4, -0.2) is 43.1 Å². The average molecular weight is 467 g/mol. The number of nitrogens with zero attached hydrogens (tertiary/aromatic N) is 6. The first kappa shape index (κ1) is 22.6. The third-order valence-corrected chi connectivity index (χ3v) is 6.05. The summed E-state index contributed by atoms with van der Waals surface area (Å²) >= 11 is 0. The molecule has 0 amide bonds. The van der Waals surface area contributed by atoms with Crippen molar-refractivity contribution in [1.29, 1.82) is 0 Å². The molecule has 4 heterocycles. The highest BCUT2D eigenvalue weighted by molar-refractivity contribution is 5.77. The van der Waals surface area contributed by atoms with Crippen molar-refractivity contribution in [3.8, 4) is 22.6 Å². The van der Waals surface area contributed by atoms with Crippen LogP contribution >= 0.6 is 0 Å². The fourth-order valence-corrected chi connectivity index (χ4v) is 4.19. The first-order valence-corrected chi connectivity index (χ1v) is 12.0. The smallest absolute Gasteiger partial charge is 0.155 e. The van der Waals surface area contributed by atoms with Crippen LogP contribution in [0.5, 0.6) is 0 Å². The number of hydrogen-bond acceptors (Lipinski definition) is 6. The van der Waals surface area contributed by atoms with Crippen LogP contribution in [0.2, 0.25) is 0 Å². The molecule has 0 saturated heterocycles. The van der Waals surface area contributed by atoms with E-state index in [2.05, 4.69) is 63.5 Å². The summed E-state index contributed by atoms with van der Waals surface area (Å²) in [5, 5.41) is 7.87. The number of aryl methyl sites for hydroxylation is 1. The molecule has 0 spiro atoms. The Labute approximate surface area is 205 Å². The number of H-pyrrole nitrogens is 1. The molecule has 0 aliphatic carbocycles. The van der Waals surface area contributed by atoms with Gasteiger partial charge in [0.1, 0.15) is 12.2 Å². The van der Waals surface area contributed by atoms with E-state index in [0.717, 1.165) is 58.5 Å². The minimum atomic E-state index is 0.559. The van der Waals surface area contributed by atoms with E-state index in [1.807, 2.05) is 43.5 Å². The molecule has 4 aromatic heterocycles. The number of benzene rings is 1. The molecular weight excluding hydrogens is 436 g/mol. The van der Waals surface area contributed by atoms with Gasteiger partial charge in [-0.3, -0.25) is 4.98 Å². The molecule has 178 valence electrons. The number of nitrogens with one attached hydrogen (secondary N) is 2. The first-order chi connectivity index (χ1) is 17.1. The van der Waals surface area contributed by atoms with Gasteiger partial charge in [-0.1, -0.05) is 31.5 Å². The molecular formula is C27H30N8. The first-order valence-electron chi connectivity index (χ1n) is 12.0. The van der Waals surface area contributed by atoms with E-state index in [9.17, 15) is 0 Å². The Morgan fingerprint density at radius 3 is 2.77 bits per heavy atom. The number of anilines is 2. The van der Waals surface area contributed by atoms with Crippen molar-refractivity contribution in [2.24, 2.45) is 0 Å². The largest absolute Gasteiger partial charge is 0.376 e. The molecule has 5 rings (SSSR count). The quantitative estimate of drug-likeness (QED) is 0.305. The number of pyridine rings is 2. The van der Waals surface area contributed by atoms with Crippen LogP contribution in [0.25, 0.3) is 28.3 Å². The van der Waals surface area contributed by atoms with Crippen molar-refractivity contribution in [1.82, 2.24) is 29.5 Å². The minimum Gasteiger partial charge on any atom is -0.376 e. The SMILES string of the molecule is CCCCN(C)c1ccccc1NCc1nc(-c2ccc3ncnn3c2)c(-c2cccc(C)n2)[nH]1. The highest BCUT2D eigenvalue weighted by Gasteiger charge is 2.17. The fourth-order valence-electron chi connectivity index (χ4n) is 4.19. The normalized spacial score (nSPS) is 11.2. The molecule has 0 aliphatic rings. The van der Waals surface area contributed by atoms with Gasteiger partial charge in [0.05, 0.1) is 35.0 Å². The van der Waals surface area contributed by atoms with Crippen LogP contribution in [0.1, 0.15) is 31.3 Å². The van der Waals surface area contributed by atoms with Crippen molar-refractivity contribution in [3.05, 3.63) is 78.6 Å². The number of imidazole rings is 1. The molecule has 2 N–H and O–H groups in total. The van der Waals surface area contributed by atoms with Gasteiger partial charge >= 0.3 is 0 Å². The summed E-state index contributed by atoms with van der Waals surface area (Å²) in [7, 11) is 2.14. The zero-order chi connectivity index (χ0) is 24.2. The third kappa shape index (κ3) is 4.87. The van der Waals surface area contributed by atoms with Gasteiger partial charge < -0.3 is 15.2 Å². The molecule has 8 heteroatoms. The van der Waals surface area contributed by atoms with E-state index in [0.29, 0.717) is 6.54 Å². The molecule has 8 nitrogen and oxygen atoms in total. The topological polar surface area (TPSA) is 87.0 Å². The number of para-hydroxylation sites is 2. The summed E-state index contributed by atoms with van der Waals surface area (Å²) in [4.78, 5) is 19.8. The van der Waals surface area contributed by atoms with Crippen molar-refractivity contribution < 1.29 is 0 Å². The number of hydrogen-bond donors (Lipinski definition) is 2. The zero-order valence-corrected chi connectivity index (χ0v) is 20.4. The molecule has 0 aliphatic heterocycles. The zero-order valence-electron chi connectivity index (χ0n) is 20.4. The summed E-state index contributed by atoms with van der Waals surface area (Å²) in [6.45, 7) is 5.79. The van der Waals surface area contributed by atoms with Crippen molar-refractivity contribution >= 4 is 17.0 Å². The second kappa shape index (κ2) is 9.97. The van der Waals surface area contributed by atoms with Crippen LogP contribution in [-0.2, 0) is 6.54 Å². The second-order valence-electron chi connectivity index (χ2n) is 8.70. The fraction of sp³-hybridized carbons (Fsp3) is 0.259. The van der Waals surface area contributed by atoms with E-state index >= 15 is 0 Å². The monoisotopic (exact) mass is 466 g/mol. The molecule has 35 heavy (non-hydrogen) atoms. The Morgan fingerprint density at radius 1 is 1.03 bits per heavy atom. The molecule has 1 aromatic carbocycles. The van der Waals surface area contributed by atoms with Gasteiger partial charge in [0.25, 0.3) is 0 Å². The highest BCUT2D eigenvalue weighted by atomic mass is 15.3. The lowest BCUT2D eigenvalue weighted by Gasteiger charge is -2.22. The summed E-state index contributed by atoms with van der Waals surface area (Å²) in [6.07, 6.45) is 5.84. The Hall–Kier alpha value is -4.20. The van der Waals surface area contributed by atoms with Gasteiger partial charge in [-0.15, -0.1) is 0 Å². The maximum Gasteiger partial charge on any atom is 0.155 e. The Bertz CT molecular complexity index is 1430. The lowest BCUT2D eigenvalue weighted by molar-refractivity contribution is 0.767. The van der Waals surface area contributed by atoms with E-state index in [1.165, 1.54) is 12.1 Å². The van der Waals surface area contributed by atoms with Gasteiger partial charge in [0.2, 0.25) is 0 Å². The number of fused-ring (bicyclic) bond motifs is 1. The average Bonchev–Trinajstić information content (AvgIpc) is 3.53. The summed E-state index contributed by atoms with van der Waals surface area (Å²) in [5.74, 6) is 0.836. The second-order valence-corrected chi connectivity index (χ2v) is 8.70. The lowest BCUT2D eigenvalue weighted by atomic mass is 10.1. The van der Waals surface area contributed by atoms with Crippen LogP contribution in [0.3, 0.4) is 0 Å². The van der Waals surface area contributed by atoms with Crippen LogP contribution in [0.15, 0.2) is 67.1 Å². The molecule has 0 fully saturated rings. The van der Waals surface area contributed by atoms with E-state index in [4.69, 9.17) is 9.97 Å². The number of unbranched alkanes of at least 4 members (excludes halogenated alkanes) is 1. The van der Waals surface area contributed by atoms with Crippen LogP contribution in [0, 0.1) is 6.92 Å². The molecule has 0 saturated carbocycles. The maximum atomic E-state index is 4.98. The predicted octanol–water partition coefficient (Wildman–Crippen LogP) is 5.34. The number of aromatic nitrogens is 6. The summed E-state index contributed by atoms with van der Waals surface area (Å²) in [5.41, 5.74) is 7.56. The van der Waals surface area contributed by atoms with Gasteiger partial charge in [-0.2, -0.15) is 5.10 Å². The van der Waals surface area contributed by atoms with Gasteiger partial charge in [0.15, 0.2) is 5.65 Å². The molecule has 0 bridgehead atoms. The Balaban J connectivity index is 1.47. The van der Waals surface area contributed by atoms with Gasteiger partial charge in [0, 0.05) is 31.0 Å². The highest BCUT2D eigenvalue weighted by Crippen LogP contribution is 2.30. The standard InChI is InChI=1S/C27H30N8/c1-4-5-15-34(3)23-12-7-6-10-21(23)28-16-24-32-26(20-13-14-25-29-18-30-35(25)17-20)27(33-24)22-11-8-9-19(2)31-22/h6-14,17-18,28H,4-5,15-16H2,1-3H3,(H,32,33). The lowest BCUT2D eigenvalue weighted by Crippen LogP contribution is -2.19. The molecule has 5 aromatic rings. The summed E-state index contributed by atoms with van der Waals surface area (Å²) in [6, 6.07) is 18.4. The van der Waals surface area contributed by atoms with Crippen LogP contribution < -0.4 is 10.2 Å². The Kier molecular flexibility index (Phi) is 6.43. The maximum absolute atomic E-state index is 4.98. The molecule has 0 radical (unpaired) electrons. The van der Waals surface area contributed by atoms with E-state index < -0.39 is 0 Å². The van der Waals surface area contributed by atoms with E-state index in [-0.39, 0.29) is 0 Å².